The van der Waals surface area contributed by atoms with Crippen LogP contribution in [-0.4, -0.2) is 34.1 Å². The number of Topliss-reactive ketones (excluding diaryl/α,β-unsaturated/α-hetero) is 1. The van der Waals surface area contributed by atoms with Crippen molar-refractivity contribution in [2.75, 3.05) is 12.3 Å². The van der Waals surface area contributed by atoms with Crippen molar-refractivity contribution < 1.29 is 18.8 Å². The van der Waals surface area contributed by atoms with E-state index >= 15 is 0 Å². The lowest BCUT2D eigenvalue weighted by molar-refractivity contribution is -0.129. The Bertz CT molecular complexity index is 502. The minimum absolute atomic E-state index is 0.0752. The third-order valence-corrected chi connectivity index (χ3v) is 3.38. The van der Waals surface area contributed by atoms with Crippen LogP contribution in [0.15, 0.2) is 24.3 Å². The molecule has 1 aliphatic rings. The first-order valence-electron chi connectivity index (χ1n) is 5.30. The van der Waals surface area contributed by atoms with Gasteiger partial charge in [-0.25, -0.2) is 4.39 Å². The molecule has 0 spiro atoms. The van der Waals surface area contributed by atoms with E-state index in [-0.39, 0.29) is 36.0 Å². The van der Waals surface area contributed by atoms with Crippen LogP contribution in [0, 0.1) is 5.82 Å². The fraction of sp³-hybridized carbons (Fsp3) is 0.250. The fourth-order valence-corrected chi connectivity index (χ4v) is 2.35. The van der Waals surface area contributed by atoms with Gasteiger partial charge >= 0.3 is 0 Å². The highest BCUT2D eigenvalue weighted by Crippen LogP contribution is 2.18. The Balaban J connectivity index is 1.99. The number of nitrogens with zero attached hydrogens (tertiary/aromatic N) is 1. The van der Waals surface area contributed by atoms with Crippen molar-refractivity contribution in [1.82, 2.24) is 4.90 Å². The van der Waals surface area contributed by atoms with Crippen molar-refractivity contribution in [3.8, 4) is 0 Å². The first-order valence-corrected chi connectivity index (χ1v) is 6.28. The number of carbonyl (C=O) groups is 3. The molecule has 1 aromatic carbocycles. The zero-order valence-corrected chi connectivity index (χ0v) is 10.2. The van der Waals surface area contributed by atoms with Crippen LogP contribution < -0.4 is 0 Å². The smallest absolute Gasteiger partial charge is 0.289 e. The molecule has 0 unspecified atom stereocenters. The van der Waals surface area contributed by atoms with Crippen LogP contribution in [0.5, 0.6) is 0 Å². The predicted octanol–water partition coefficient (Wildman–Crippen LogP) is 1.63. The Hall–Kier alpha value is -1.69. The summed E-state index contributed by atoms with van der Waals surface area (Å²) in [6.07, 6.45) is -0.117. The van der Waals surface area contributed by atoms with Gasteiger partial charge < -0.3 is 0 Å². The SMILES string of the molecule is O=C(Cc1ccccc1F)CN1C(=O)CSC1=O. The molecule has 1 fully saturated rings. The van der Waals surface area contributed by atoms with Gasteiger partial charge in [0.05, 0.1) is 12.3 Å². The van der Waals surface area contributed by atoms with Crippen molar-refractivity contribution in [2.24, 2.45) is 0 Å². The number of hydrogen-bond acceptors (Lipinski definition) is 4. The minimum atomic E-state index is -0.459. The van der Waals surface area contributed by atoms with Crippen LogP contribution in [0.25, 0.3) is 0 Å². The second kappa shape index (κ2) is 5.30. The molecule has 1 aliphatic heterocycles. The monoisotopic (exact) mass is 267 g/mol. The number of hydrogen-bond donors (Lipinski definition) is 0. The van der Waals surface area contributed by atoms with E-state index in [0.717, 1.165) is 16.7 Å². The maximum Gasteiger partial charge on any atom is 0.289 e. The van der Waals surface area contributed by atoms with Gasteiger partial charge in [0, 0.05) is 6.42 Å². The van der Waals surface area contributed by atoms with E-state index in [1.54, 1.807) is 6.07 Å². The molecule has 18 heavy (non-hydrogen) atoms. The minimum Gasteiger partial charge on any atom is -0.297 e. The van der Waals surface area contributed by atoms with E-state index in [1.807, 2.05) is 0 Å². The number of thioether (sulfide) groups is 1. The zero-order valence-electron chi connectivity index (χ0n) is 9.39. The average molecular weight is 267 g/mol. The summed E-state index contributed by atoms with van der Waals surface area (Å²) in [5, 5.41) is -0.415. The number of imide groups is 1. The molecular weight excluding hydrogens is 257 g/mol. The van der Waals surface area contributed by atoms with E-state index in [2.05, 4.69) is 0 Å². The van der Waals surface area contributed by atoms with Gasteiger partial charge in [-0.15, -0.1) is 0 Å². The molecule has 1 heterocycles. The quantitative estimate of drug-likeness (QED) is 0.832. The topological polar surface area (TPSA) is 54.5 Å². The molecule has 0 aromatic heterocycles. The number of halogens is 1. The molecule has 94 valence electrons. The van der Waals surface area contributed by atoms with Gasteiger partial charge in [0.15, 0.2) is 5.78 Å². The Labute approximate surface area is 107 Å². The summed E-state index contributed by atoms with van der Waals surface area (Å²) in [6, 6.07) is 5.95. The number of ketones is 1. The molecule has 0 radical (unpaired) electrons. The fourth-order valence-electron chi connectivity index (χ4n) is 1.62. The molecule has 0 aliphatic carbocycles. The van der Waals surface area contributed by atoms with Gasteiger partial charge in [0.2, 0.25) is 5.91 Å². The summed E-state index contributed by atoms with van der Waals surface area (Å²) in [6.45, 7) is -0.279. The molecule has 1 saturated heterocycles. The van der Waals surface area contributed by atoms with Crippen molar-refractivity contribution >= 4 is 28.7 Å². The number of carbonyl (C=O) groups excluding carboxylic acids is 3. The van der Waals surface area contributed by atoms with Gasteiger partial charge in [-0.2, -0.15) is 0 Å². The van der Waals surface area contributed by atoms with Crippen molar-refractivity contribution in [1.29, 1.82) is 0 Å². The van der Waals surface area contributed by atoms with Crippen LogP contribution in [0.4, 0.5) is 9.18 Å². The van der Waals surface area contributed by atoms with E-state index in [4.69, 9.17) is 0 Å². The predicted molar refractivity (Wildman–Crippen MR) is 64.7 cm³/mol. The summed E-state index contributed by atoms with van der Waals surface area (Å²) in [5.74, 6) is -1.11. The maximum absolute atomic E-state index is 13.3. The molecule has 0 atom stereocenters. The van der Waals surface area contributed by atoms with E-state index in [0.29, 0.717) is 0 Å². The third-order valence-electron chi connectivity index (χ3n) is 2.52. The number of benzene rings is 1. The average Bonchev–Trinajstić information content (AvgIpc) is 2.64. The van der Waals surface area contributed by atoms with E-state index < -0.39 is 11.1 Å². The van der Waals surface area contributed by atoms with Gasteiger partial charge in [0.25, 0.3) is 5.24 Å². The molecule has 2 amide bonds. The van der Waals surface area contributed by atoms with E-state index in [1.165, 1.54) is 18.2 Å². The van der Waals surface area contributed by atoms with Crippen molar-refractivity contribution in [2.45, 2.75) is 6.42 Å². The van der Waals surface area contributed by atoms with Gasteiger partial charge in [-0.3, -0.25) is 19.3 Å². The van der Waals surface area contributed by atoms with E-state index in [9.17, 15) is 18.8 Å². The normalized spacial score (nSPS) is 15.3. The van der Waals surface area contributed by atoms with Crippen LogP contribution in [0.1, 0.15) is 5.56 Å². The van der Waals surface area contributed by atoms with Crippen LogP contribution in [-0.2, 0) is 16.0 Å². The van der Waals surface area contributed by atoms with Crippen LogP contribution in [0.3, 0.4) is 0 Å². The second-order valence-corrected chi connectivity index (χ2v) is 4.77. The highest BCUT2D eigenvalue weighted by atomic mass is 32.2. The zero-order chi connectivity index (χ0) is 13.1. The highest BCUT2D eigenvalue weighted by molar-refractivity contribution is 8.14. The molecule has 1 aromatic rings. The maximum atomic E-state index is 13.3. The lowest BCUT2D eigenvalue weighted by Crippen LogP contribution is -2.34. The van der Waals surface area contributed by atoms with Crippen LogP contribution >= 0.6 is 11.8 Å². The largest absolute Gasteiger partial charge is 0.297 e. The lowest BCUT2D eigenvalue weighted by atomic mass is 10.1. The lowest BCUT2D eigenvalue weighted by Gasteiger charge is -2.11. The summed E-state index contributed by atoms with van der Waals surface area (Å²) in [7, 11) is 0. The summed E-state index contributed by atoms with van der Waals surface area (Å²) in [4.78, 5) is 35.2. The summed E-state index contributed by atoms with van der Waals surface area (Å²) >= 11 is 0.876. The molecular formula is C12H10FNO3S. The molecule has 2 rings (SSSR count). The third kappa shape index (κ3) is 2.76. The Morgan fingerprint density at radius 2 is 2.06 bits per heavy atom. The van der Waals surface area contributed by atoms with Gasteiger partial charge in [0.1, 0.15) is 5.82 Å². The number of rotatable bonds is 4. The molecule has 0 bridgehead atoms. The Kier molecular flexibility index (Phi) is 3.76. The van der Waals surface area contributed by atoms with Gasteiger partial charge in [-0.05, 0) is 11.6 Å². The standard InChI is InChI=1S/C12H10FNO3S/c13-10-4-2-1-3-8(10)5-9(15)6-14-11(16)7-18-12(14)17/h1-4H,5-7H2. The first kappa shape index (κ1) is 12.8. The molecule has 0 N–H and O–H groups in total. The summed E-state index contributed by atoms with van der Waals surface area (Å²) in [5.41, 5.74) is 0.272. The highest BCUT2D eigenvalue weighted by Gasteiger charge is 2.31. The van der Waals surface area contributed by atoms with Crippen molar-refractivity contribution in [3.63, 3.8) is 0 Å². The Morgan fingerprint density at radius 1 is 1.33 bits per heavy atom. The molecule has 4 nitrogen and oxygen atoms in total. The first-order chi connectivity index (χ1) is 8.58. The van der Waals surface area contributed by atoms with Crippen LogP contribution in [0.2, 0.25) is 0 Å². The number of amides is 2. The summed E-state index contributed by atoms with van der Waals surface area (Å²) < 4.78 is 13.3. The van der Waals surface area contributed by atoms with Gasteiger partial charge in [-0.1, -0.05) is 30.0 Å². The molecule has 0 saturated carbocycles. The Morgan fingerprint density at radius 3 is 2.67 bits per heavy atom. The second-order valence-electron chi connectivity index (χ2n) is 3.84. The molecule has 6 heteroatoms. The van der Waals surface area contributed by atoms with Crippen molar-refractivity contribution in [3.05, 3.63) is 35.6 Å².